The third-order valence-corrected chi connectivity index (χ3v) is 7.54. The molecule has 1 saturated heterocycles. The number of hydrogen-bond acceptors (Lipinski definition) is 7. The molecule has 0 atom stereocenters. The second kappa shape index (κ2) is 14.0. The van der Waals surface area contributed by atoms with Gasteiger partial charge < -0.3 is 14.8 Å². The number of nitrogens with zero attached hydrogens (tertiary/aromatic N) is 5. The van der Waals surface area contributed by atoms with Crippen LogP contribution in [0.2, 0.25) is 0 Å². The molecule has 5 rings (SSSR count). The van der Waals surface area contributed by atoms with Crippen LogP contribution in [0.15, 0.2) is 72.0 Å². The van der Waals surface area contributed by atoms with Crippen LogP contribution in [0.25, 0.3) is 17.1 Å². The van der Waals surface area contributed by atoms with E-state index in [2.05, 4.69) is 25.1 Å². The summed E-state index contributed by atoms with van der Waals surface area (Å²) < 4.78 is 127. The first-order valence-corrected chi connectivity index (χ1v) is 14.9. The molecule has 3 amide bonds. The summed E-state index contributed by atoms with van der Waals surface area (Å²) in [4.78, 5) is 34.5. The second-order valence-corrected chi connectivity index (χ2v) is 11.3. The fourth-order valence-electron chi connectivity index (χ4n) is 4.54. The molecule has 50 heavy (non-hydrogen) atoms. The van der Waals surface area contributed by atoms with E-state index in [-0.39, 0.29) is 39.2 Å². The van der Waals surface area contributed by atoms with Crippen molar-refractivity contribution in [3.05, 3.63) is 83.7 Å². The molecule has 1 N–H and O–H groups in total. The number of halogens is 9. The largest absolute Gasteiger partial charge is 0.573 e. The molecule has 1 fully saturated rings. The van der Waals surface area contributed by atoms with Gasteiger partial charge >= 0.3 is 24.7 Å². The summed E-state index contributed by atoms with van der Waals surface area (Å²) >= 11 is 0.795. The number of aromatic nitrogens is 3. The van der Waals surface area contributed by atoms with Gasteiger partial charge in [0.15, 0.2) is 11.0 Å². The van der Waals surface area contributed by atoms with E-state index in [1.165, 1.54) is 30.3 Å². The van der Waals surface area contributed by atoms with E-state index in [1.807, 2.05) is 0 Å². The monoisotopic (exact) mass is 732 g/mol. The quantitative estimate of drug-likeness (QED) is 0.184. The number of amides is 3. The highest BCUT2D eigenvalue weighted by molar-refractivity contribution is 8.15. The van der Waals surface area contributed by atoms with Crippen LogP contribution in [0, 0.1) is 6.92 Å². The van der Waals surface area contributed by atoms with Gasteiger partial charge in [0.25, 0.3) is 0 Å². The predicted octanol–water partition coefficient (Wildman–Crippen LogP) is 7.91. The first kappa shape index (κ1) is 36.2. The second-order valence-electron chi connectivity index (χ2n) is 10.4. The average molecular weight is 733 g/mol. The molecule has 1 aromatic heterocycles. The maximum atomic E-state index is 14.2. The number of thioether (sulfide) groups is 1. The van der Waals surface area contributed by atoms with Crippen molar-refractivity contribution < 1.29 is 58.6 Å². The first-order chi connectivity index (χ1) is 23.4. The minimum absolute atomic E-state index is 0.0894. The molecule has 10 nitrogen and oxygen atoms in total. The van der Waals surface area contributed by atoms with Crippen molar-refractivity contribution in [2.75, 3.05) is 22.6 Å². The van der Waals surface area contributed by atoms with E-state index >= 15 is 0 Å². The number of alkyl halides is 9. The topological polar surface area (TPSA) is 111 Å². The Morgan fingerprint density at radius 3 is 2.36 bits per heavy atom. The number of ether oxygens (including phenoxy) is 2. The number of hydrogen-bond donors (Lipinski definition) is 1. The molecule has 1 aliphatic heterocycles. The van der Waals surface area contributed by atoms with Crippen LogP contribution in [0.3, 0.4) is 0 Å². The third kappa shape index (κ3) is 9.11. The summed E-state index contributed by atoms with van der Waals surface area (Å²) in [6.45, 7) is -0.443. The third-order valence-electron chi connectivity index (χ3n) is 6.62. The Bertz CT molecular complexity index is 1930. The normalized spacial score (nSPS) is 14.8. The van der Waals surface area contributed by atoms with Crippen LogP contribution in [0.4, 0.5) is 55.7 Å². The van der Waals surface area contributed by atoms with Gasteiger partial charge in [-0.15, -0.1) is 18.3 Å². The fourth-order valence-corrected chi connectivity index (χ4v) is 5.40. The van der Waals surface area contributed by atoms with Gasteiger partial charge in [-0.2, -0.15) is 31.3 Å². The van der Waals surface area contributed by atoms with Crippen LogP contribution in [0.1, 0.15) is 16.7 Å². The zero-order valence-electron chi connectivity index (χ0n) is 25.2. The maximum absolute atomic E-state index is 14.2. The SMILES string of the molecule is Cc1ccc(COCC(F)(F)F)c(N2C(=O)CSC2=NC(=O)Nc2ccc(-c3ncn(-c4ccc(OC(F)(F)F)cc4)n3)cc2C(F)(F)F)c1. The van der Waals surface area contributed by atoms with E-state index in [1.54, 1.807) is 13.0 Å². The van der Waals surface area contributed by atoms with Crippen molar-refractivity contribution in [1.82, 2.24) is 14.8 Å². The lowest BCUT2D eigenvalue weighted by Gasteiger charge is -2.21. The lowest BCUT2D eigenvalue weighted by Crippen LogP contribution is -2.31. The number of benzene rings is 3. The van der Waals surface area contributed by atoms with Gasteiger partial charge in [0.1, 0.15) is 18.7 Å². The van der Waals surface area contributed by atoms with Crippen molar-refractivity contribution in [1.29, 1.82) is 0 Å². The van der Waals surface area contributed by atoms with Crippen molar-refractivity contribution in [3.63, 3.8) is 0 Å². The van der Waals surface area contributed by atoms with Gasteiger partial charge in [-0.25, -0.2) is 14.5 Å². The number of amidine groups is 1. The van der Waals surface area contributed by atoms with Crippen LogP contribution >= 0.6 is 11.8 Å². The van der Waals surface area contributed by atoms with Gasteiger partial charge in [-0.05, 0) is 61.0 Å². The molecule has 0 aliphatic carbocycles. The molecule has 3 aromatic carbocycles. The zero-order valence-corrected chi connectivity index (χ0v) is 26.0. The lowest BCUT2D eigenvalue weighted by atomic mass is 10.1. The summed E-state index contributed by atoms with van der Waals surface area (Å²) in [5.74, 6) is -1.48. The summed E-state index contributed by atoms with van der Waals surface area (Å²) in [5, 5.41) is 5.91. The minimum Gasteiger partial charge on any atom is -0.406 e. The van der Waals surface area contributed by atoms with Crippen molar-refractivity contribution in [2.45, 2.75) is 32.2 Å². The number of carbonyl (C=O) groups is 2. The smallest absolute Gasteiger partial charge is 0.406 e. The number of rotatable bonds is 8. The summed E-state index contributed by atoms with van der Waals surface area (Å²) in [5.41, 5.74) is -1.04. The number of carbonyl (C=O) groups excluding carboxylic acids is 2. The Morgan fingerprint density at radius 2 is 1.70 bits per heavy atom. The molecular weight excluding hydrogens is 711 g/mol. The summed E-state index contributed by atoms with van der Waals surface area (Å²) in [6.07, 6.45) is -13.4. The molecule has 1 aliphatic rings. The summed E-state index contributed by atoms with van der Waals surface area (Å²) in [6, 6.07) is 10.4. The molecular formula is C30H21F9N6O4S. The van der Waals surface area contributed by atoms with Crippen molar-refractivity contribution >= 4 is 40.2 Å². The standard InChI is InChI=1S/C30H21F9N6O4S/c1-16-2-3-18(12-48-14-28(31,32)33)23(10-16)45-24(46)13-50-27(45)42-26(47)41-22-9-4-17(11-21(22)29(34,35)36)25-40-15-44(43-25)19-5-7-20(8-6-19)49-30(37,38)39/h2-11,15H,12-14H2,1H3,(H,41,47). The number of aryl methyl sites for hydroxylation is 1. The molecule has 0 unspecified atom stereocenters. The molecule has 0 radical (unpaired) electrons. The van der Waals surface area contributed by atoms with E-state index in [0.717, 1.165) is 45.9 Å². The maximum Gasteiger partial charge on any atom is 0.573 e. The Morgan fingerprint density at radius 1 is 0.980 bits per heavy atom. The molecule has 2 heterocycles. The minimum atomic E-state index is -5.00. The number of anilines is 2. The molecule has 0 saturated carbocycles. The van der Waals surface area contributed by atoms with Crippen LogP contribution in [0.5, 0.6) is 5.75 Å². The van der Waals surface area contributed by atoms with Crippen LogP contribution in [-0.4, -0.2) is 56.8 Å². The van der Waals surface area contributed by atoms with Gasteiger partial charge in [0, 0.05) is 11.1 Å². The van der Waals surface area contributed by atoms with Gasteiger partial charge in [-0.3, -0.25) is 9.69 Å². The van der Waals surface area contributed by atoms with Gasteiger partial charge in [0.2, 0.25) is 5.91 Å². The van der Waals surface area contributed by atoms with E-state index < -0.39 is 60.9 Å². The highest BCUT2D eigenvalue weighted by Crippen LogP contribution is 2.38. The van der Waals surface area contributed by atoms with Crippen molar-refractivity contribution in [2.24, 2.45) is 4.99 Å². The molecule has 4 aromatic rings. The molecule has 0 spiro atoms. The van der Waals surface area contributed by atoms with Crippen LogP contribution in [-0.2, 0) is 22.3 Å². The predicted molar refractivity (Wildman–Crippen MR) is 162 cm³/mol. The Labute approximate surface area is 279 Å². The molecule has 264 valence electrons. The van der Waals surface area contributed by atoms with E-state index in [0.29, 0.717) is 11.6 Å². The van der Waals surface area contributed by atoms with Gasteiger partial charge in [0.05, 0.1) is 35.0 Å². The molecule has 0 bridgehead atoms. The number of urea groups is 1. The average Bonchev–Trinajstić information content (AvgIpc) is 3.63. The number of nitrogens with one attached hydrogen (secondary N) is 1. The van der Waals surface area contributed by atoms with Gasteiger partial charge in [-0.1, -0.05) is 23.9 Å². The Balaban J connectivity index is 1.37. The highest BCUT2D eigenvalue weighted by Gasteiger charge is 2.36. The Kier molecular flexibility index (Phi) is 10.1. The number of aliphatic imine (C=N–C) groups is 1. The zero-order chi connectivity index (χ0) is 36.4. The van der Waals surface area contributed by atoms with E-state index in [4.69, 9.17) is 4.74 Å². The Hall–Kier alpha value is -5.11. The van der Waals surface area contributed by atoms with E-state index in [9.17, 15) is 49.1 Å². The summed E-state index contributed by atoms with van der Waals surface area (Å²) in [7, 11) is 0. The van der Waals surface area contributed by atoms with Crippen molar-refractivity contribution in [3.8, 4) is 22.8 Å². The lowest BCUT2D eigenvalue weighted by molar-refractivity contribution is -0.274. The highest BCUT2D eigenvalue weighted by atomic mass is 32.2. The first-order valence-electron chi connectivity index (χ1n) is 14.0. The van der Waals surface area contributed by atoms with Crippen LogP contribution < -0.4 is 15.0 Å². The molecule has 20 heteroatoms. The fraction of sp³-hybridized carbons (Fsp3) is 0.233.